The fourth-order valence-electron chi connectivity index (χ4n) is 2.12. The number of nitrogens with one attached hydrogen (secondary N) is 1. The molecule has 1 aromatic rings. The van der Waals surface area contributed by atoms with Crippen molar-refractivity contribution in [3.8, 4) is 0 Å². The number of hydrogen-bond acceptors (Lipinski definition) is 3. The summed E-state index contributed by atoms with van der Waals surface area (Å²) in [4.78, 5) is 0. The van der Waals surface area contributed by atoms with E-state index < -0.39 is 0 Å². The zero-order chi connectivity index (χ0) is 13.5. The lowest BCUT2D eigenvalue weighted by Crippen LogP contribution is -2.32. The first-order valence-corrected chi connectivity index (χ1v) is 8.40. The zero-order valence-corrected chi connectivity index (χ0v) is 12.8. The predicted molar refractivity (Wildman–Crippen MR) is 83.9 cm³/mol. The highest BCUT2D eigenvalue weighted by Crippen LogP contribution is 2.25. The Bertz CT molecular complexity index is 362. The van der Waals surface area contributed by atoms with Crippen molar-refractivity contribution in [3.05, 3.63) is 35.4 Å². The molecule has 2 rings (SSSR count). The average Bonchev–Trinajstić information content (AvgIpc) is 2.41. The van der Waals surface area contributed by atoms with Crippen LogP contribution in [0.15, 0.2) is 24.3 Å². The lowest BCUT2D eigenvalue weighted by Gasteiger charge is -2.28. The molecule has 1 heterocycles. The van der Waals surface area contributed by atoms with Crippen molar-refractivity contribution in [2.75, 3.05) is 25.5 Å². The predicted octanol–water partition coefficient (Wildman–Crippen LogP) is 3.42. The summed E-state index contributed by atoms with van der Waals surface area (Å²) in [6.07, 6.45) is 2.29. The molecule has 1 saturated heterocycles. The maximum Gasteiger partial charge on any atom is 0.0607 e. The molecule has 19 heavy (non-hydrogen) atoms. The van der Waals surface area contributed by atoms with Gasteiger partial charge in [0.1, 0.15) is 0 Å². The van der Waals surface area contributed by atoms with Crippen molar-refractivity contribution in [2.24, 2.45) is 0 Å². The molecule has 1 aliphatic heterocycles. The van der Waals surface area contributed by atoms with E-state index in [1.54, 1.807) is 0 Å². The van der Waals surface area contributed by atoms with Crippen molar-refractivity contribution in [3.63, 3.8) is 0 Å². The van der Waals surface area contributed by atoms with Gasteiger partial charge in [-0.05, 0) is 30.5 Å². The van der Waals surface area contributed by atoms with Gasteiger partial charge in [0.05, 0.1) is 18.5 Å². The standard InChI is InChI=1S/C16H25NOS/c1-3-9-17-16(12-19-15-10-18-11-15)14-7-5-13(4-2)6-8-14/h5-8,15-17H,3-4,9-12H2,1-2H3. The van der Waals surface area contributed by atoms with Crippen LogP contribution in [0.2, 0.25) is 0 Å². The number of rotatable bonds is 8. The smallest absolute Gasteiger partial charge is 0.0607 e. The summed E-state index contributed by atoms with van der Waals surface area (Å²) in [6.45, 7) is 7.37. The first-order valence-electron chi connectivity index (χ1n) is 7.35. The topological polar surface area (TPSA) is 21.3 Å². The molecule has 2 nitrogen and oxygen atoms in total. The molecule has 1 aromatic carbocycles. The SMILES string of the molecule is CCCNC(CSC1COC1)c1ccc(CC)cc1. The fraction of sp³-hybridized carbons (Fsp3) is 0.625. The van der Waals surface area contributed by atoms with Crippen molar-refractivity contribution < 1.29 is 4.74 Å². The molecule has 0 aromatic heterocycles. The Kier molecular flexibility index (Phi) is 6.21. The molecule has 0 bridgehead atoms. The molecule has 106 valence electrons. The van der Waals surface area contributed by atoms with E-state index in [4.69, 9.17) is 4.74 Å². The molecule has 1 aliphatic rings. The third kappa shape index (κ3) is 4.51. The Morgan fingerprint density at radius 2 is 2.00 bits per heavy atom. The van der Waals surface area contributed by atoms with Crippen LogP contribution in [0.1, 0.15) is 37.4 Å². The van der Waals surface area contributed by atoms with Gasteiger partial charge in [0.25, 0.3) is 0 Å². The second-order valence-corrected chi connectivity index (χ2v) is 6.43. The fourth-order valence-corrected chi connectivity index (χ4v) is 3.28. The van der Waals surface area contributed by atoms with Gasteiger partial charge in [0.2, 0.25) is 0 Å². The molecule has 0 radical (unpaired) electrons. The van der Waals surface area contributed by atoms with Crippen LogP contribution in [0, 0.1) is 0 Å². The molecule has 1 N–H and O–H groups in total. The summed E-state index contributed by atoms with van der Waals surface area (Å²) in [5.74, 6) is 1.14. The summed E-state index contributed by atoms with van der Waals surface area (Å²) in [6, 6.07) is 9.55. The van der Waals surface area contributed by atoms with Crippen molar-refractivity contribution in [2.45, 2.75) is 38.0 Å². The summed E-state index contributed by atoms with van der Waals surface area (Å²) < 4.78 is 5.24. The molecule has 0 saturated carbocycles. The van der Waals surface area contributed by atoms with E-state index in [1.165, 1.54) is 17.5 Å². The molecule has 0 amide bonds. The summed E-state index contributed by atoms with van der Waals surface area (Å²) in [5, 5.41) is 4.37. The number of ether oxygens (including phenoxy) is 1. The van der Waals surface area contributed by atoms with Crippen LogP contribution in [0.5, 0.6) is 0 Å². The van der Waals surface area contributed by atoms with Crippen LogP contribution < -0.4 is 5.32 Å². The minimum atomic E-state index is 0.469. The highest BCUT2D eigenvalue weighted by atomic mass is 32.2. The van der Waals surface area contributed by atoms with E-state index >= 15 is 0 Å². The number of hydrogen-bond donors (Lipinski definition) is 1. The largest absolute Gasteiger partial charge is 0.379 e. The maximum atomic E-state index is 5.24. The van der Waals surface area contributed by atoms with Gasteiger partial charge in [-0.3, -0.25) is 0 Å². The van der Waals surface area contributed by atoms with E-state index in [1.807, 2.05) is 11.8 Å². The van der Waals surface area contributed by atoms with E-state index in [2.05, 4.69) is 43.4 Å². The van der Waals surface area contributed by atoms with E-state index in [0.717, 1.165) is 31.9 Å². The molecule has 0 spiro atoms. The minimum Gasteiger partial charge on any atom is -0.379 e. The van der Waals surface area contributed by atoms with Crippen LogP contribution in [-0.2, 0) is 11.2 Å². The average molecular weight is 279 g/mol. The van der Waals surface area contributed by atoms with Gasteiger partial charge in [0, 0.05) is 11.8 Å². The van der Waals surface area contributed by atoms with Gasteiger partial charge in [-0.25, -0.2) is 0 Å². The van der Waals surface area contributed by atoms with Gasteiger partial charge in [0.15, 0.2) is 0 Å². The first-order chi connectivity index (χ1) is 9.33. The number of benzene rings is 1. The summed E-state index contributed by atoms with van der Waals surface area (Å²) >= 11 is 2.04. The van der Waals surface area contributed by atoms with E-state index in [0.29, 0.717) is 11.3 Å². The zero-order valence-electron chi connectivity index (χ0n) is 12.0. The molecule has 1 unspecified atom stereocenters. The number of aryl methyl sites for hydroxylation is 1. The summed E-state index contributed by atoms with van der Waals surface area (Å²) in [5.41, 5.74) is 2.83. The highest BCUT2D eigenvalue weighted by Gasteiger charge is 2.21. The van der Waals surface area contributed by atoms with Crippen LogP contribution in [0.4, 0.5) is 0 Å². The van der Waals surface area contributed by atoms with Crippen LogP contribution in [-0.4, -0.2) is 30.8 Å². The monoisotopic (exact) mass is 279 g/mol. The lowest BCUT2D eigenvalue weighted by molar-refractivity contribution is 0.0455. The second-order valence-electron chi connectivity index (χ2n) is 5.09. The van der Waals surface area contributed by atoms with Gasteiger partial charge in [-0.15, -0.1) is 0 Å². The summed E-state index contributed by atoms with van der Waals surface area (Å²) in [7, 11) is 0. The minimum absolute atomic E-state index is 0.469. The van der Waals surface area contributed by atoms with Crippen LogP contribution in [0.3, 0.4) is 0 Å². The normalized spacial score (nSPS) is 17.2. The Balaban J connectivity index is 1.93. The molecule has 1 atom stereocenters. The first kappa shape index (κ1) is 14.9. The Hall–Kier alpha value is -0.510. The van der Waals surface area contributed by atoms with E-state index in [9.17, 15) is 0 Å². The molecular weight excluding hydrogens is 254 g/mol. The van der Waals surface area contributed by atoms with Crippen molar-refractivity contribution in [1.29, 1.82) is 0 Å². The van der Waals surface area contributed by atoms with Gasteiger partial charge in [-0.1, -0.05) is 38.1 Å². The Morgan fingerprint density at radius 1 is 1.26 bits per heavy atom. The van der Waals surface area contributed by atoms with Gasteiger partial charge < -0.3 is 10.1 Å². The Labute approximate surface area is 121 Å². The quantitative estimate of drug-likeness (QED) is 0.788. The molecular formula is C16H25NOS. The van der Waals surface area contributed by atoms with Crippen LogP contribution >= 0.6 is 11.8 Å². The van der Waals surface area contributed by atoms with Gasteiger partial charge in [-0.2, -0.15) is 11.8 Å². The highest BCUT2D eigenvalue weighted by molar-refractivity contribution is 8.00. The lowest BCUT2D eigenvalue weighted by atomic mass is 10.0. The second kappa shape index (κ2) is 7.93. The molecule has 0 aliphatic carbocycles. The third-order valence-electron chi connectivity index (χ3n) is 3.54. The number of thioether (sulfide) groups is 1. The van der Waals surface area contributed by atoms with Crippen molar-refractivity contribution in [1.82, 2.24) is 5.32 Å². The third-order valence-corrected chi connectivity index (χ3v) is 4.81. The van der Waals surface area contributed by atoms with E-state index in [-0.39, 0.29) is 0 Å². The van der Waals surface area contributed by atoms with Crippen LogP contribution in [0.25, 0.3) is 0 Å². The molecule has 3 heteroatoms. The maximum absolute atomic E-state index is 5.24. The van der Waals surface area contributed by atoms with Gasteiger partial charge >= 0.3 is 0 Å². The Morgan fingerprint density at radius 3 is 2.53 bits per heavy atom. The van der Waals surface area contributed by atoms with Crippen molar-refractivity contribution >= 4 is 11.8 Å². The molecule has 1 fully saturated rings.